The number of hydrogen-bond acceptors (Lipinski definition) is 6. The SMILES string of the molecule is COc1cc(C(=O)NC2CCc3nnc(C4CCOCC4)n3CC2)nc2ccccc12. The molecule has 0 spiro atoms. The van der Waals surface area contributed by atoms with Crippen LogP contribution in [0.15, 0.2) is 30.3 Å². The monoisotopic (exact) mass is 421 g/mol. The first kappa shape index (κ1) is 19.9. The summed E-state index contributed by atoms with van der Waals surface area (Å²) in [6.45, 7) is 2.38. The molecule has 2 aromatic heterocycles. The lowest BCUT2D eigenvalue weighted by Gasteiger charge is -2.22. The number of nitrogens with one attached hydrogen (secondary N) is 1. The van der Waals surface area contributed by atoms with Crippen LogP contribution >= 0.6 is 0 Å². The van der Waals surface area contributed by atoms with Crippen LogP contribution in [0, 0.1) is 0 Å². The molecule has 1 fully saturated rings. The topological polar surface area (TPSA) is 91.2 Å². The fourth-order valence-electron chi connectivity index (χ4n) is 4.60. The molecule has 162 valence electrons. The summed E-state index contributed by atoms with van der Waals surface area (Å²) in [5.41, 5.74) is 1.13. The molecule has 5 rings (SSSR count). The smallest absolute Gasteiger partial charge is 0.270 e. The molecule has 3 aromatic rings. The maximum Gasteiger partial charge on any atom is 0.270 e. The Labute approximate surface area is 181 Å². The van der Waals surface area contributed by atoms with Gasteiger partial charge in [0.2, 0.25) is 0 Å². The van der Waals surface area contributed by atoms with Gasteiger partial charge in [-0.15, -0.1) is 10.2 Å². The Morgan fingerprint density at radius 2 is 2.00 bits per heavy atom. The van der Waals surface area contributed by atoms with Crippen LogP contribution in [0.5, 0.6) is 5.75 Å². The second kappa shape index (κ2) is 8.63. The van der Waals surface area contributed by atoms with Crippen molar-refractivity contribution in [2.24, 2.45) is 0 Å². The van der Waals surface area contributed by atoms with Crippen molar-refractivity contribution in [3.05, 3.63) is 47.7 Å². The fraction of sp³-hybridized carbons (Fsp3) is 0.478. The molecule has 31 heavy (non-hydrogen) atoms. The Kier molecular flexibility index (Phi) is 5.55. The van der Waals surface area contributed by atoms with Crippen molar-refractivity contribution in [2.75, 3.05) is 20.3 Å². The lowest BCUT2D eigenvalue weighted by atomic mass is 9.99. The van der Waals surface area contributed by atoms with Gasteiger partial charge < -0.3 is 19.4 Å². The Morgan fingerprint density at radius 3 is 2.84 bits per heavy atom. The zero-order chi connectivity index (χ0) is 21.2. The molecule has 0 bridgehead atoms. The van der Waals surface area contributed by atoms with Crippen LogP contribution in [0.4, 0.5) is 0 Å². The Bertz CT molecular complexity index is 1090. The highest BCUT2D eigenvalue weighted by Crippen LogP contribution is 2.28. The molecular formula is C23H27N5O3. The molecule has 0 radical (unpaired) electrons. The summed E-state index contributed by atoms with van der Waals surface area (Å²) >= 11 is 0. The number of aryl methyl sites for hydroxylation is 1. The molecule has 2 aliphatic rings. The van der Waals surface area contributed by atoms with Crippen LogP contribution in [0.25, 0.3) is 10.9 Å². The largest absolute Gasteiger partial charge is 0.496 e. The van der Waals surface area contributed by atoms with E-state index in [9.17, 15) is 4.79 Å². The van der Waals surface area contributed by atoms with Gasteiger partial charge in [-0.25, -0.2) is 4.98 Å². The van der Waals surface area contributed by atoms with Gasteiger partial charge in [-0.1, -0.05) is 12.1 Å². The second-order valence-corrected chi connectivity index (χ2v) is 8.24. The predicted molar refractivity (Wildman–Crippen MR) is 115 cm³/mol. The predicted octanol–water partition coefficient (Wildman–Crippen LogP) is 2.86. The average molecular weight is 422 g/mol. The van der Waals surface area contributed by atoms with Crippen LogP contribution in [-0.2, 0) is 17.7 Å². The van der Waals surface area contributed by atoms with E-state index in [1.807, 2.05) is 24.3 Å². The highest BCUT2D eigenvalue weighted by atomic mass is 16.5. The van der Waals surface area contributed by atoms with Crippen molar-refractivity contribution in [3.63, 3.8) is 0 Å². The van der Waals surface area contributed by atoms with E-state index in [1.165, 1.54) is 0 Å². The van der Waals surface area contributed by atoms with E-state index in [4.69, 9.17) is 9.47 Å². The summed E-state index contributed by atoms with van der Waals surface area (Å²) in [6.07, 6.45) is 4.47. The number of methoxy groups -OCH3 is 1. The lowest BCUT2D eigenvalue weighted by molar-refractivity contribution is 0.0826. The number of nitrogens with zero attached hydrogens (tertiary/aromatic N) is 4. The standard InChI is InChI=1S/C23H27N5O3/c1-30-20-14-19(25-18-5-3-2-4-17(18)20)23(29)24-16-6-7-21-26-27-22(28(21)11-8-16)15-9-12-31-13-10-15/h2-5,14-16H,6-13H2,1H3,(H,24,29). The van der Waals surface area contributed by atoms with Crippen molar-refractivity contribution < 1.29 is 14.3 Å². The van der Waals surface area contributed by atoms with Crippen molar-refractivity contribution in [2.45, 2.75) is 50.6 Å². The molecule has 1 amide bonds. The zero-order valence-corrected chi connectivity index (χ0v) is 17.7. The van der Waals surface area contributed by atoms with E-state index in [0.717, 1.165) is 74.4 Å². The maximum atomic E-state index is 13.0. The minimum absolute atomic E-state index is 0.0657. The van der Waals surface area contributed by atoms with Crippen molar-refractivity contribution in [3.8, 4) is 5.75 Å². The fourth-order valence-corrected chi connectivity index (χ4v) is 4.60. The third-order valence-corrected chi connectivity index (χ3v) is 6.33. The lowest BCUT2D eigenvalue weighted by Crippen LogP contribution is -2.35. The van der Waals surface area contributed by atoms with Crippen LogP contribution in [-0.4, -0.2) is 52.0 Å². The van der Waals surface area contributed by atoms with E-state index in [0.29, 0.717) is 17.4 Å². The van der Waals surface area contributed by atoms with Crippen molar-refractivity contribution in [1.29, 1.82) is 0 Å². The highest BCUT2D eigenvalue weighted by molar-refractivity contribution is 5.97. The molecule has 4 heterocycles. The van der Waals surface area contributed by atoms with Crippen LogP contribution < -0.4 is 10.1 Å². The number of ether oxygens (including phenoxy) is 2. The number of fused-ring (bicyclic) bond motifs is 2. The molecule has 1 unspecified atom stereocenters. The third-order valence-electron chi connectivity index (χ3n) is 6.33. The molecular weight excluding hydrogens is 394 g/mol. The first-order valence-electron chi connectivity index (χ1n) is 11.0. The summed E-state index contributed by atoms with van der Waals surface area (Å²) < 4.78 is 13.2. The molecule has 1 atom stereocenters. The summed E-state index contributed by atoms with van der Waals surface area (Å²) in [4.78, 5) is 17.5. The van der Waals surface area contributed by atoms with Crippen LogP contribution in [0.2, 0.25) is 0 Å². The van der Waals surface area contributed by atoms with Gasteiger partial charge in [-0.05, 0) is 37.8 Å². The van der Waals surface area contributed by atoms with Gasteiger partial charge >= 0.3 is 0 Å². The molecule has 1 saturated heterocycles. The number of aromatic nitrogens is 4. The zero-order valence-electron chi connectivity index (χ0n) is 17.7. The third kappa shape index (κ3) is 3.99. The number of benzene rings is 1. The van der Waals surface area contributed by atoms with E-state index in [1.54, 1.807) is 13.2 Å². The molecule has 1 N–H and O–H groups in total. The van der Waals surface area contributed by atoms with E-state index in [-0.39, 0.29) is 11.9 Å². The number of rotatable bonds is 4. The van der Waals surface area contributed by atoms with Gasteiger partial charge in [-0.2, -0.15) is 0 Å². The Hall–Kier alpha value is -3.00. The van der Waals surface area contributed by atoms with Crippen LogP contribution in [0.3, 0.4) is 0 Å². The van der Waals surface area contributed by atoms with Gasteiger partial charge in [0.25, 0.3) is 5.91 Å². The maximum absolute atomic E-state index is 13.0. The molecule has 8 heteroatoms. The Morgan fingerprint density at radius 1 is 1.16 bits per heavy atom. The minimum atomic E-state index is -0.170. The number of carbonyl (C=O) groups excluding carboxylic acids is 1. The summed E-state index contributed by atoms with van der Waals surface area (Å²) in [5, 5.41) is 13.0. The number of para-hydroxylation sites is 1. The normalized spacial score (nSPS) is 19.6. The first-order valence-corrected chi connectivity index (χ1v) is 11.0. The molecule has 1 aromatic carbocycles. The molecule has 0 aliphatic carbocycles. The Balaban J connectivity index is 1.29. The first-order chi connectivity index (χ1) is 15.2. The molecule has 0 saturated carbocycles. The number of hydrogen-bond donors (Lipinski definition) is 1. The van der Waals surface area contributed by atoms with Gasteiger partial charge in [0, 0.05) is 49.6 Å². The minimum Gasteiger partial charge on any atom is -0.496 e. The van der Waals surface area contributed by atoms with Gasteiger partial charge in [-0.3, -0.25) is 4.79 Å². The molecule has 2 aliphatic heterocycles. The summed E-state index contributed by atoms with van der Waals surface area (Å²) in [7, 11) is 1.61. The second-order valence-electron chi connectivity index (χ2n) is 8.24. The summed E-state index contributed by atoms with van der Waals surface area (Å²) in [6, 6.07) is 9.46. The van der Waals surface area contributed by atoms with Gasteiger partial charge in [0.05, 0.1) is 12.6 Å². The average Bonchev–Trinajstić information content (AvgIpc) is 3.13. The highest BCUT2D eigenvalue weighted by Gasteiger charge is 2.27. The van der Waals surface area contributed by atoms with E-state index in [2.05, 4.69) is 25.1 Å². The van der Waals surface area contributed by atoms with E-state index >= 15 is 0 Å². The van der Waals surface area contributed by atoms with Gasteiger partial charge in [0.1, 0.15) is 23.1 Å². The summed E-state index contributed by atoms with van der Waals surface area (Å²) in [5.74, 6) is 2.99. The molecule has 8 nitrogen and oxygen atoms in total. The van der Waals surface area contributed by atoms with Crippen molar-refractivity contribution >= 4 is 16.8 Å². The van der Waals surface area contributed by atoms with E-state index < -0.39 is 0 Å². The van der Waals surface area contributed by atoms with Crippen molar-refractivity contribution in [1.82, 2.24) is 25.1 Å². The number of amides is 1. The van der Waals surface area contributed by atoms with Gasteiger partial charge in [0.15, 0.2) is 0 Å². The number of pyridine rings is 1. The van der Waals surface area contributed by atoms with Crippen LogP contribution in [0.1, 0.15) is 53.7 Å². The number of carbonyl (C=O) groups is 1. The quantitative estimate of drug-likeness (QED) is 0.697.